The summed E-state index contributed by atoms with van der Waals surface area (Å²) in [5.74, 6) is 0. The van der Waals surface area contributed by atoms with Crippen LogP contribution in [-0.4, -0.2) is 37.7 Å². The third-order valence-corrected chi connectivity index (χ3v) is 1.80. The molecular weight excluding hydrogens is 162 g/mol. The number of nitrogens with zero attached hydrogens (tertiary/aromatic N) is 1. The van der Waals surface area contributed by atoms with E-state index in [0.29, 0.717) is 0 Å². The molecule has 0 saturated carbocycles. The van der Waals surface area contributed by atoms with E-state index in [-0.39, 0.29) is 5.54 Å². The molecule has 0 aromatic carbocycles. The van der Waals surface area contributed by atoms with Gasteiger partial charge in [-0.3, -0.25) is 5.01 Å². The standard InChI is InChI=1S/C10H25N3/c1-6-7-8-11-9-10(2,3)12-13(4)5/h11-12H,6-9H2,1-5H3. The monoisotopic (exact) mass is 187 g/mol. The number of nitrogens with one attached hydrogen (secondary N) is 2. The summed E-state index contributed by atoms with van der Waals surface area (Å²) < 4.78 is 0. The predicted molar refractivity (Wildman–Crippen MR) is 58.7 cm³/mol. The Balaban J connectivity index is 3.50. The second-order valence-electron chi connectivity index (χ2n) is 4.42. The Morgan fingerprint density at radius 1 is 1.23 bits per heavy atom. The van der Waals surface area contributed by atoms with Crippen molar-refractivity contribution in [2.24, 2.45) is 0 Å². The SMILES string of the molecule is CCCCNCC(C)(C)NN(C)C. The van der Waals surface area contributed by atoms with Gasteiger partial charge in [0.05, 0.1) is 0 Å². The van der Waals surface area contributed by atoms with Crippen LogP contribution in [0, 0.1) is 0 Å². The van der Waals surface area contributed by atoms with Crippen LogP contribution >= 0.6 is 0 Å². The van der Waals surface area contributed by atoms with Crippen LogP contribution in [-0.2, 0) is 0 Å². The van der Waals surface area contributed by atoms with Crippen molar-refractivity contribution in [3.63, 3.8) is 0 Å². The normalized spacial score (nSPS) is 12.5. The molecule has 0 spiro atoms. The summed E-state index contributed by atoms with van der Waals surface area (Å²) in [6.45, 7) is 8.74. The van der Waals surface area contributed by atoms with E-state index < -0.39 is 0 Å². The van der Waals surface area contributed by atoms with Gasteiger partial charge >= 0.3 is 0 Å². The molecule has 3 nitrogen and oxygen atoms in total. The molecule has 0 aromatic heterocycles. The lowest BCUT2D eigenvalue weighted by Gasteiger charge is -2.30. The van der Waals surface area contributed by atoms with E-state index in [0.717, 1.165) is 13.1 Å². The third kappa shape index (κ3) is 8.22. The Labute approximate surface area is 82.9 Å². The van der Waals surface area contributed by atoms with Gasteiger partial charge in [0.1, 0.15) is 0 Å². The van der Waals surface area contributed by atoms with Crippen molar-refractivity contribution in [1.82, 2.24) is 15.8 Å². The minimum Gasteiger partial charge on any atom is -0.315 e. The van der Waals surface area contributed by atoms with Crippen molar-refractivity contribution in [3.8, 4) is 0 Å². The summed E-state index contributed by atoms with van der Waals surface area (Å²) in [7, 11) is 4.04. The Hall–Kier alpha value is -0.120. The molecule has 2 N–H and O–H groups in total. The molecule has 0 saturated heterocycles. The summed E-state index contributed by atoms with van der Waals surface area (Å²) in [5.41, 5.74) is 3.50. The van der Waals surface area contributed by atoms with E-state index >= 15 is 0 Å². The van der Waals surface area contributed by atoms with Crippen LogP contribution in [0.4, 0.5) is 0 Å². The molecule has 0 rings (SSSR count). The minimum absolute atomic E-state index is 0.136. The van der Waals surface area contributed by atoms with E-state index in [2.05, 4.69) is 31.5 Å². The molecule has 0 aliphatic heterocycles. The van der Waals surface area contributed by atoms with E-state index in [9.17, 15) is 0 Å². The summed E-state index contributed by atoms with van der Waals surface area (Å²) in [5, 5.41) is 5.44. The quantitative estimate of drug-likeness (QED) is 0.463. The van der Waals surface area contributed by atoms with Gasteiger partial charge in [-0.05, 0) is 26.8 Å². The maximum atomic E-state index is 3.44. The second kappa shape index (κ2) is 6.35. The van der Waals surface area contributed by atoms with E-state index in [4.69, 9.17) is 0 Å². The fourth-order valence-corrected chi connectivity index (χ4v) is 1.35. The zero-order chi connectivity index (χ0) is 10.3. The van der Waals surface area contributed by atoms with Crippen molar-refractivity contribution < 1.29 is 0 Å². The van der Waals surface area contributed by atoms with Crippen LogP contribution in [0.5, 0.6) is 0 Å². The van der Waals surface area contributed by atoms with Gasteiger partial charge in [0.2, 0.25) is 0 Å². The Kier molecular flexibility index (Phi) is 6.29. The highest BCUT2D eigenvalue weighted by Crippen LogP contribution is 1.99. The fraction of sp³-hybridized carbons (Fsp3) is 1.00. The highest BCUT2D eigenvalue weighted by molar-refractivity contribution is 4.77. The lowest BCUT2D eigenvalue weighted by atomic mass is 10.1. The molecule has 0 amide bonds. The maximum absolute atomic E-state index is 3.44. The first kappa shape index (κ1) is 12.9. The average Bonchev–Trinajstić information content (AvgIpc) is 1.95. The fourth-order valence-electron chi connectivity index (χ4n) is 1.35. The Bertz CT molecular complexity index is 121. The molecule has 0 atom stereocenters. The zero-order valence-corrected chi connectivity index (χ0v) is 9.78. The van der Waals surface area contributed by atoms with Crippen molar-refractivity contribution in [1.29, 1.82) is 0 Å². The first-order chi connectivity index (χ1) is 5.98. The van der Waals surface area contributed by atoms with Crippen LogP contribution < -0.4 is 10.7 Å². The van der Waals surface area contributed by atoms with E-state index in [1.807, 2.05) is 19.1 Å². The van der Waals surface area contributed by atoms with Gasteiger partial charge in [-0.15, -0.1) is 0 Å². The van der Waals surface area contributed by atoms with Crippen LogP contribution in [0.1, 0.15) is 33.6 Å². The predicted octanol–water partition coefficient (Wildman–Crippen LogP) is 1.22. The first-order valence-electron chi connectivity index (χ1n) is 5.14. The smallest absolute Gasteiger partial charge is 0.0393 e. The van der Waals surface area contributed by atoms with Gasteiger partial charge in [0.15, 0.2) is 0 Å². The lowest BCUT2D eigenvalue weighted by Crippen LogP contribution is -2.53. The second-order valence-corrected chi connectivity index (χ2v) is 4.42. The highest BCUT2D eigenvalue weighted by atomic mass is 15.5. The molecule has 0 bridgehead atoms. The van der Waals surface area contributed by atoms with Crippen LogP contribution in [0.15, 0.2) is 0 Å². The van der Waals surface area contributed by atoms with Crippen LogP contribution in [0.3, 0.4) is 0 Å². The number of unbranched alkanes of at least 4 members (excludes halogenated alkanes) is 1. The Morgan fingerprint density at radius 3 is 2.31 bits per heavy atom. The van der Waals surface area contributed by atoms with Crippen molar-refractivity contribution in [3.05, 3.63) is 0 Å². The van der Waals surface area contributed by atoms with Crippen molar-refractivity contribution in [2.75, 3.05) is 27.2 Å². The molecule has 13 heavy (non-hydrogen) atoms. The van der Waals surface area contributed by atoms with Gasteiger partial charge < -0.3 is 5.32 Å². The molecular formula is C10H25N3. The summed E-state index contributed by atoms with van der Waals surface area (Å²) in [6, 6.07) is 0. The van der Waals surface area contributed by atoms with Crippen LogP contribution in [0.2, 0.25) is 0 Å². The zero-order valence-electron chi connectivity index (χ0n) is 9.78. The molecule has 80 valence electrons. The molecule has 0 aliphatic rings. The molecule has 0 fully saturated rings. The average molecular weight is 187 g/mol. The number of hydrogen-bond donors (Lipinski definition) is 2. The van der Waals surface area contributed by atoms with Crippen molar-refractivity contribution >= 4 is 0 Å². The topological polar surface area (TPSA) is 27.3 Å². The number of rotatable bonds is 7. The summed E-state index contributed by atoms with van der Waals surface area (Å²) in [6.07, 6.45) is 2.52. The van der Waals surface area contributed by atoms with E-state index in [1.54, 1.807) is 0 Å². The largest absolute Gasteiger partial charge is 0.315 e. The summed E-state index contributed by atoms with van der Waals surface area (Å²) >= 11 is 0. The molecule has 0 radical (unpaired) electrons. The molecule has 0 heterocycles. The minimum atomic E-state index is 0.136. The van der Waals surface area contributed by atoms with Crippen molar-refractivity contribution in [2.45, 2.75) is 39.2 Å². The van der Waals surface area contributed by atoms with Gasteiger partial charge in [-0.25, -0.2) is 5.43 Å². The number of hydrogen-bond acceptors (Lipinski definition) is 3. The molecule has 0 unspecified atom stereocenters. The maximum Gasteiger partial charge on any atom is 0.0393 e. The van der Waals surface area contributed by atoms with E-state index in [1.165, 1.54) is 12.8 Å². The lowest BCUT2D eigenvalue weighted by molar-refractivity contribution is 0.181. The van der Waals surface area contributed by atoms with Crippen LogP contribution in [0.25, 0.3) is 0 Å². The summed E-state index contributed by atoms with van der Waals surface area (Å²) in [4.78, 5) is 0. The Morgan fingerprint density at radius 2 is 1.85 bits per heavy atom. The molecule has 0 aliphatic carbocycles. The van der Waals surface area contributed by atoms with Gasteiger partial charge in [-0.2, -0.15) is 0 Å². The number of hydrazine groups is 1. The van der Waals surface area contributed by atoms with Gasteiger partial charge in [0, 0.05) is 26.2 Å². The first-order valence-corrected chi connectivity index (χ1v) is 5.14. The molecule has 3 heteroatoms. The molecule has 0 aromatic rings. The van der Waals surface area contributed by atoms with Gasteiger partial charge in [-0.1, -0.05) is 13.3 Å². The third-order valence-electron chi connectivity index (χ3n) is 1.80. The van der Waals surface area contributed by atoms with Gasteiger partial charge in [0.25, 0.3) is 0 Å². The highest BCUT2D eigenvalue weighted by Gasteiger charge is 2.16.